The second-order valence-electron chi connectivity index (χ2n) is 6.06. The largest absolute Gasteiger partial charge is 0.497 e. The second-order valence-corrected chi connectivity index (χ2v) is 6.06. The summed E-state index contributed by atoms with van der Waals surface area (Å²) in [4.78, 5) is 25.7. The van der Waals surface area contributed by atoms with Crippen LogP contribution in [0.1, 0.15) is 45.4 Å². The van der Waals surface area contributed by atoms with Crippen LogP contribution in [0.25, 0.3) is 0 Å². The van der Waals surface area contributed by atoms with E-state index in [2.05, 4.69) is 5.32 Å². The summed E-state index contributed by atoms with van der Waals surface area (Å²) in [5.41, 5.74) is 0.703. The molecule has 1 N–H and O–H groups in total. The molecule has 2 amide bonds. The molecule has 2 rings (SSSR count). The van der Waals surface area contributed by atoms with Gasteiger partial charge in [-0.25, -0.2) is 0 Å². The molecule has 0 spiro atoms. The Morgan fingerprint density at radius 3 is 2.26 bits per heavy atom. The Hall–Kier alpha value is -2.04. The van der Waals surface area contributed by atoms with E-state index in [1.165, 1.54) is 37.5 Å². The van der Waals surface area contributed by atoms with E-state index < -0.39 is 0 Å². The zero-order chi connectivity index (χ0) is 16.7. The number of carbonyl (C=O) groups excluding carboxylic acids is 2. The lowest BCUT2D eigenvalue weighted by atomic mass is 10.1. The first-order valence-electron chi connectivity index (χ1n) is 8.31. The molecule has 0 heterocycles. The lowest BCUT2D eigenvalue weighted by molar-refractivity contribution is -0.123. The molecular formula is C18H26N2O3. The molecule has 0 aromatic heterocycles. The zero-order valence-electron chi connectivity index (χ0n) is 14.0. The molecule has 1 aromatic carbocycles. The predicted molar refractivity (Wildman–Crippen MR) is 90.7 cm³/mol. The number of ether oxygens (including phenoxy) is 1. The van der Waals surface area contributed by atoms with Crippen molar-refractivity contribution in [3.63, 3.8) is 0 Å². The van der Waals surface area contributed by atoms with E-state index in [1.807, 2.05) is 0 Å². The van der Waals surface area contributed by atoms with Gasteiger partial charge in [0.2, 0.25) is 11.8 Å². The van der Waals surface area contributed by atoms with Crippen molar-refractivity contribution < 1.29 is 14.3 Å². The Kier molecular flexibility index (Phi) is 6.44. The number of hydrogen-bond donors (Lipinski definition) is 1. The molecule has 1 saturated carbocycles. The first-order chi connectivity index (χ1) is 11.1. The van der Waals surface area contributed by atoms with Crippen LogP contribution in [0.15, 0.2) is 24.3 Å². The first-order valence-corrected chi connectivity index (χ1v) is 8.31. The number of hydrogen-bond acceptors (Lipinski definition) is 3. The molecule has 0 radical (unpaired) electrons. The summed E-state index contributed by atoms with van der Waals surface area (Å²) in [6.07, 6.45) is 6.90. The minimum absolute atomic E-state index is 0.0537. The third-order valence-electron chi connectivity index (χ3n) is 4.29. The van der Waals surface area contributed by atoms with Crippen LogP contribution in [0, 0.1) is 0 Å². The van der Waals surface area contributed by atoms with Gasteiger partial charge in [0, 0.05) is 18.7 Å². The molecule has 1 fully saturated rings. The summed E-state index contributed by atoms with van der Waals surface area (Å²) in [6.45, 7) is 1.53. The minimum Gasteiger partial charge on any atom is -0.497 e. The van der Waals surface area contributed by atoms with Gasteiger partial charge in [0.25, 0.3) is 0 Å². The van der Waals surface area contributed by atoms with Gasteiger partial charge in [0.1, 0.15) is 12.3 Å². The van der Waals surface area contributed by atoms with Crippen LogP contribution in [-0.4, -0.2) is 31.5 Å². The van der Waals surface area contributed by atoms with Crippen LogP contribution in [-0.2, 0) is 9.59 Å². The quantitative estimate of drug-likeness (QED) is 0.849. The number of amides is 2. The van der Waals surface area contributed by atoms with Crippen molar-refractivity contribution in [2.75, 3.05) is 18.6 Å². The molecule has 1 aliphatic rings. The van der Waals surface area contributed by atoms with E-state index in [-0.39, 0.29) is 24.4 Å². The summed E-state index contributed by atoms with van der Waals surface area (Å²) in [5.74, 6) is 0.481. The van der Waals surface area contributed by atoms with Crippen molar-refractivity contribution in [2.24, 2.45) is 0 Å². The molecule has 0 unspecified atom stereocenters. The van der Waals surface area contributed by atoms with Crippen molar-refractivity contribution in [1.29, 1.82) is 0 Å². The lowest BCUT2D eigenvalue weighted by Crippen LogP contribution is -2.43. The average Bonchev–Trinajstić information content (AvgIpc) is 2.81. The third kappa shape index (κ3) is 5.27. The Balaban J connectivity index is 1.97. The molecule has 0 aliphatic heterocycles. The van der Waals surface area contributed by atoms with E-state index in [0.29, 0.717) is 5.69 Å². The molecule has 126 valence electrons. The summed E-state index contributed by atoms with van der Waals surface area (Å²) in [6, 6.07) is 7.40. The molecule has 0 bridgehead atoms. The number of anilines is 1. The Bertz CT molecular complexity index is 520. The SMILES string of the molecule is COc1ccc(N(CC(=O)NC2CCCCCC2)C(C)=O)cc1. The summed E-state index contributed by atoms with van der Waals surface area (Å²) in [7, 11) is 1.60. The smallest absolute Gasteiger partial charge is 0.240 e. The Morgan fingerprint density at radius 2 is 1.74 bits per heavy atom. The molecule has 0 saturated heterocycles. The standard InChI is InChI=1S/C18H26N2O3/c1-14(21)20(16-9-11-17(23-2)12-10-16)13-18(22)19-15-7-5-3-4-6-8-15/h9-12,15H,3-8,13H2,1-2H3,(H,19,22). The Morgan fingerprint density at radius 1 is 1.13 bits per heavy atom. The molecular weight excluding hydrogens is 292 g/mol. The van der Waals surface area contributed by atoms with Crippen LogP contribution in [0.4, 0.5) is 5.69 Å². The van der Waals surface area contributed by atoms with Gasteiger partial charge in [-0.3, -0.25) is 9.59 Å². The highest BCUT2D eigenvalue weighted by molar-refractivity contribution is 5.97. The monoisotopic (exact) mass is 318 g/mol. The van der Waals surface area contributed by atoms with Gasteiger partial charge in [-0.15, -0.1) is 0 Å². The number of carbonyl (C=O) groups is 2. The van der Waals surface area contributed by atoms with Crippen LogP contribution >= 0.6 is 0 Å². The number of nitrogens with one attached hydrogen (secondary N) is 1. The highest BCUT2D eigenvalue weighted by Gasteiger charge is 2.19. The van der Waals surface area contributed by atoms with E-state index in [1.54, 1.807) is 31.4 Å². The van der Waals surface area contributed by atoms with Crippen LogP contribution < -0.4 is 15.0 Å². The van der Waals surface area contributed by atoms with E-state index in [4.69, 9.17) is 4.74 Å². The van der Waals surface area contributed by atoms with Crippen molar-refractivity contribution in [3.8, 4) is 5.75 Å². The molecule has 5 nitrogen and oxygen atoms in total. The van der Waals surface area contributed by atoms with Gasteiger partial charge in [-0.1, -0.05) is 25.7 Å². The summed E-state index contributed by atoms with van der Waals surface area (Å²) >= 11 is 0. The lowest BCUT2D eigenvalue weighted by Gasteiger charge is -2.23. The summed E-state index contributed by atoms with van der Waals surface area (Å²) in [5, 5.41) is 3.08. The maximum atomic E-state index is 12.3. The van der Waals surface area contributed by atoms with Crippen molar-refractivity contribution >= 4 is 17.5 Å². The van der Waals surface area contributed by atoms with Gasteiger partial charge in [-0.2, -0.15) is 0 Å². The second kappa shape index (κ2) is 8.56. The maximum Gasteiger partial charge on any atom is 0.240 e. The molecule has 0 atom stereocenters. The highest BCUT2D eigenvalue weighted by atomic mass is 16.5. The number of benzene rings is 1. The maximum absolute atomic E-state index is 12.3. The fourth-order valence-corrected chi connectivity index (χ4v) is 2.99. The van der Waals surface area contributed by atoms with Gasteiger partial charge in [0.05, 0.1) is 7.11 Å². The number of rotatable bonds is 5. The molecule has 5 heteroatoms. The highest BCUT2D eigenvalue weighted by Crippen LogP contribution is 2.20. The number of nitrogens with zero attached hydrogens (tertiary/aromatic N) is 1. The molecule has 23 heavy (non-hydrogen) atoms. The van der Waals surface area contributed by atoms with Crippen molar-refractivity contribution in [1.82, 2.24) is 5.32 Å². The zero-order valence-corrected chi connectivity index (χ0v) is 14.0. The first kappa shape index (κ1) is 17.3. The van der Waals surface area contributed by atoms with Gasteiger partial charge < -0.3 is 15.0 Å². The fraction of sp³-hybridized carbons (Fsp3) is 0.556. The third-order valence-corrected chi connectivity index (χ3v) is 4.29. The minimum atomic E-state index is -0.147. The Labute approximate surface area is 138 Å². The molecule has 1 aromatic rings. The van der Waals surface area contributed by atoms with E-state index in [9.17, 15) is 9.59 Å². The van der Waals surface area contributed by atoms with Crippen molar-refractivity contribution in [3.05, 3.63) is 24.3 Å². The van der Waals surface area contributed by atoms with Crippen LogP contribution in [0.3, 0.4) is 0 Å². The number of methoxy groups -OCH3 is 1. The topological polar surface area (TPSA) is 58.6 Å². The van der Waals surface area contributed by atoms with E-state index >= 15 is 0 Å². The average molecular weight is 318 g/mol. The molecule has 1 aliphatic carbocycles. The van der Waals surface area contributed by atoms with Gasteiger partial charge in [-0.05, 0) is 37.1 Å². The van der Waals surface area contributed by atoms with Crippen LogP contribution in [0.2, 0.25) is 0 Å². The van der Waals surface area contributed by atoms with E-state index in [0.717, 1.165) is 18.6 Å². The normalized spacial score (nSPS) is 15.6. The van der Waals surface area contributed by atoms with Crippen molar-refractivity contribution in [2.45, 2.75) is 51.5 Å². The predicted octanol–water partition coefficient (Wildman–Crippen LogP) is 2.89. The summed E-state index contributed by atoms with van der Waals surface area (Å²) < 4.78 is 5.12. The van der Waals surface area contributed by atoms with Gasteiger partial charge in [0.15, 0.2) is 0 Å². The fourth-order valence-electron chi connectivity index (χ4n) is 2.99. The van der Waals surface area contributed by atoms with Gasteiger partial charge >= 0.3 is 0 Å². The van der Waals surface area contributed by atoms with Crippen LogP contribution in [0.5, 0.6) is 5.75 Å².